The Hall–Kier alpha value is -1.64. The third-order valence-electron chi connectivity index (χ3n) is 4.08. The summed E-state index contributed by atoms with van der Waals surface area (Å²) in [5.74, 6) is 0.522. The molecule has 2 N–H and O–H groups in total. The van der Waals surface area contributed by atoms with Crippen LogP contribution in [0.1, 0.15) is 11.9 Å². The van der Waals surface area contributed by atoms with E-state index < -0.39 is 6.23 Å². The van der Waals surface area contributed by atoms with Gasteiger partial charge in [0, 0.05) is 31.9 Å². The van der Waals surface area contributed by atoms with Crippen molar-refractivity contribution in [2.45, 2.75) is 6.23 Å². The summed E-state index contributed by atoms with van der Waals surface area (Å²) in [6.07, 6.45) is 2.40. The number of aromatic nitrogens is 3. The van der Waals surface area contributed by atoms with Gasteiger partial charge in [0.1, 0.15) is 11.5 Å². The number of imidazole rings is 1. The second kappa shape index (κ2) is 8.00. The van der Waals surface area contributed by atoms with Crippen LogP contribution in [-0.2, 0) is 0 Å². The van der Waals surface area contributed by atoms with Crippen LogP contribution in [-0.4, -0.2) is 19.5 Å². The van der Waals surface area contributed by atoms with Gasteiger partial charge in [0.15, 0.2) is 6.23 Å². The molecule has 0 aliphatic carbocycles. The third-order valence-corrected chi connectivity index (χ3v) is 5.56. The number of hydrogen-bond acceptors (Lipinski definition) is 4. The highest BCUT2D eigenvalue weighted by Crippen LogP contribution is 2.35. The summed E-state index contributed by atoms with van der Waals surface area (Å²) in [4.78, 5) is 8.93. The second-order valence-corrected chi connectivity index (χ2v) is 8.63. The summed E-state index contributed by atoms with van der Waals surface area (Å²) >= 11 is 19.3. The van der Waals surface area contributed by atoms with Crippen molar-refractivity contribution in [3.8, 4) is 11.3 Å². The number of anilines is 1. The minimum absolute atomic E-state index is 0.449. The Morgan fingerprint density at radius 3 is 2.54 bits per heavy atom. The first-order valence-electron chi connectivity index (χ1n) is 8.11. The maximum absolute atomic E-state index is 11.0. The molecule has 3 heterocycles. The summed E-state index contributed by atoms with van der Waals surface area (Å²) < 4.78 is 3.50. The lowest BCUT2D eigenvalue weighted by Gasteiger charge is -2.16. The van der Waals surface area contributed by atoms with Crippen LogP contribution in [0, 0.1) is 0 Å². The monoisotopic (exact) mass is 540 g/mol. The van der Waals surface area contributed by atoms with E-state index in [0.29, 0.717) is 38.5 Å². The molecule has 0 radical (unpaired) electrons. The van der Waals surface area contributed by atoms with E-state index in [2.05, 4.69) is 47.1 Å². The highest BCUT2D eigenvalue weighted by molar-refractivity contribution is 9.10. The van der Waals surface area contributed by atoms with Gasteiger partial charge in [-0.1, -0.05) is 23.2 Å². The molecule has 0 aliphatic rings. The molecular weight excluding hydrogens is 531 g/mol. The fourth-order valence-corrected chi connectivity index (χ4v) is 3.92. The molecule has 1 unspecified atom stereocenters. The molecule has 0 saturated heterocycles. The quantitative estimate of drug-likeness (QED) is 0.296. The largest absolute Gasteiger partial charge is 0.368 e. The molecule has 28 heavy (non-hydrogen) atoms. The summed E-state index contributed by atoms with van der Waals surface area (Å²) in [6, 6.07) is 12.5. The minimum atomic E-state index is -1.08. The van der Waals surface area contributed by atoms with E-state index >= 15 is 0 Å². The van der Waals surface area contributed by atoms with E-state index in [1.165, 1.54) is 0 Å². The Labute approximate surface area is 187 Å². The average molecular weight is 543 g/mol. The number of rotatable bonds is 4. The number of fused-ring (bicyclic) bond motifs is 1. The van der Waals surface area contributed by atoms with Gasteiger partial charge in [-0.2, -0.15) is 0 Å². The van der Waals surface area contributed by atoms with E-state index in [4.69, 9.17) is 23.2 Å². The van der Waals surface area contributed by atoms with Crippen molar-refractivity contribution in [1.82, 2.24) is 14.4 Å². The van der Waals surface area contributed by atoms with Gasteiger partial charge < -0.3 is 10.4 Å². The van der Waals surface area contributed by atoms with Gasteiger partial charge in [-0.25, -0.2) is 9.97 Å². The van der Waals surface area contributed by atoms with E-state index in [1.807, 2.05) is 24.4 Å². The van der Waals surface area contributed by atoms with Gasteiger partial charge >= 0.3 is 0 Å². The zero-order chi connectivity index (χ0) is 19.8. The van der Waals surface area contributed by atoms with Crippen LogP contribution in [0.2, 0.25) is 10.0 Å². The molecule has 0 amide bonds. The van der Waals surface area contributed by atoms with Gasteiger partial charge in [0.2, 0.25) is 0 Å². The van der Waals surface area contributed by atoms with E-state index in [9.17, 15) is 5.11 Å². The summed E-state index contributed by atoms with van der Waals surface area (Å²) in [5.41, 5.74) is 2.43. The van der Waals surface area contributed by atoms with Gasteiger partial charge in [-0.05, 0) is 74.3 Å². The summed E-state index contributed by atoms with van der Waals surface area (Å²) in [7, 11) is 0. The lowest BCUT2D eigenvalue weighted by atomic mass is 10.1. The Morgan fingerprint density at radius 2 is 1.82 bits per heavy atom. The second-order valence-electron chi connectivity index (χ2n) is 5.95. The molecule has 0 saturated carbocycles. The molecule has 0 bridgehead atoms. The number of hydrogen-bond donors (Lipinski definition) is 2. The average Bonchev–Trinajstić information content (AvgIpc) is 3.02. The molecule has 5 nitrogen and oxygen atoms in total. The highest BCUT2D eigenvalue weighted by atomic mass is 79.9. The van der Waals surface area contributed by atoms with Crippen LogP contribution in [0.3, 0.4) is 0 Å². The topological polar surface area (TPSA) is 62.5 Å². The molecule has 4 aromatic rings. The van der Waals surface area contributed by atoms with Crippen molar-refractivity contribution in [1.29, 1.82) is 0 Å². The SMILES string of the molecule is OC(Nc1ccc(Br)cn1)c1c(-c2ccc(Cl)cc2Cl)nc2ccc(Br)cn12. The Morgan fingerprint density at radius 1 is 1.04 bits per heavy atom. The Bertz CT molecular complexity index is 1160. The van der Waals surface area contributed by atoms with Crippen molar-refractivity contribution in [3.63, 3.8) is 0 Å². The van der Waals surface area contributed by atoms with Crippen LogP contribution < -0.4 is 5.32 Å². The van der Waals surface area contributed by atoms with Crippen molar-refractivity contribution < 1.29 is 5.11 Å². The normalized spacial score (nSPS) is 12.3. The molecule has 0 aliphatic heterocycles. The van der Waals surface area contributed by atoms with Gasteiger partial charge in [0.05, 0.1) is 16.4 Å². The van der Waals surface area contributed by atoms with Crippen molar-refractivity contribution in [2.75, 3.05) is 5.32 Å². The number of nitrogens with one attached hydrogen (secondary N) is 1. The van der Waals surface area contributed by atoms with Crippen molar-refractivity contribution in [3.05, 3.63) is 79.5 Å². The number of nitrogens with zero attached hydrogens (tertiary/aromatic N) is 3. The van der Waals surface area contributed by atoms with E-state index in [0.717, 1.165) is 8.95 Å². The van der Waals surface area contributed by atoms with Crippen LogP contribution in [0.5, 0.6) is 0 Å². The lowest BCUT2D eigenvalue weighted by Crippen LogP contribution is -2.14. The molecule has 0 fully saturated rings. The molecule has 1 aromatic carbocycles. The fraction of sp³-hybridized carbons (Fsp3) is 0.0526. The Balaban J connectivity index is 1.86. The maximum atomic E-state index is 11.0. The summed E-state index contributed by atoms with van der Waals surface area (Å²) in [5, 5.41) is 15.0. The van der Waals surface area contributed by atoms with E-state index in [-0.39, 0.29) is 0 Å². The molecule has 4 rings (SSSR count). The first kappa shape index (κ1) is 19.7. The standard InChI is InChI=1S/C19H12Br2Cl2N4O/c20-10-1-5-15(24-8-10)25-19(28)18-17(13-4-3-12(22)7-14(13)23)26-16-6-2-11(21)9-27(16)18/h1-9,19,28H,(H,24,25). The van der Waals surface area contributed by atoms with Gasteiger partial charge in [-0.3, -0.25) is 4.40 Å². The molecule has 3 aromatic heterocycles. The van der Waals surface area contributed by atoms with Gasteiger partial charge in [0.25, 0.3) is 0 Å². The van der Waals surface area contributed by atoms with Crippen LogP contribution in [0.25, 0.3) is 16.9 Å². The molecular formula is C19H12Br2Cl2N4O. The molecule has 0 spiro atoms. The van der Waals surface area contributed by atoms with Crippen LogP contribution in [0.4, 0.5) is 5.82 Å². The lowest BCUT2D eigenvalue weighted by molar-refractivity contribution is 0.202. The summed E-state index contributed by atoms with van der Waals surface area (Å²) in [6.45, 7) is 0. The van der Waals surface area contributed by atoms with Crippen LogP contribution >= 0.6 is 55.1 Å². The Kier molecular flexibility index (Phi) is 5.62. The molecule has 142 valence electrons. The zero-order valence-corrected chi connectivity index (χ0v) is 18.8. The van der Waals surface area contributed by atoms with E-state index in [1.54, 1.807) is 34.9 Å². The van der Waals surface area contributed by atoms with Gasteiger partial charge in [-0.15, -0.1) is 0 Å². The van der Waals surface area contributed by atoms with Crippen molar-refractivity contribution >= 4 is 66.5 Å². The molecule has 1 atom stereocenters. The number of pyridine rings is 2. The number of halogens is 4. The smallest absolute Gasteiger partial charge is 0.169 e. The number of benzene rings is 1. The number of aliphatic hydroxyl groups is 1. The zero-order valence-electron chi connectivity index (χ0n) is 14.1. The van der Waals surface area contributed by atoms with Crippen molar-refractivity contribution in [2.24, 2.45) is 0 Å². The van der Waals surface area contributed by atoms with Crippen LogP contribution in [0.15, 0.2) is 63.8 Å². The minimum Gasteiger partial charge on any atom is -0.368 e. The maximum Gasteiger partial charge on any atom is 0.169 e. The fourth-order valence-electron chi connectivity index (χ4n) is 2.85. The first-order chi connectivity index (χ1) is 13.4. The third kappa shape index (κ3) is 3.90. The molecule has 9 heteroatoms. The predicted molar refractivity (Wildman–Crippen MR) is 119 cm³/mol. The first-order valence-corrected chi connectivity index (χ1v) is 10.5. The predicted octanol–water partition coefficient (Wildman–Crippen LogP) is 6.33. The highest BCUT2D eigenvalue weighted by Gasteiger charge is 2.23. The number of aliphatic hydroxyl groups excluding tert-OH is 1.